The Hall–Kier alpha value is -2.34. The SMILES string of the molecule is CC(=O)Oc1ccc2[nH]cc(CC(N)C(=O)O)c2c1. The summed E-state index contributed by atoms with van der Waals surface area (Å²) < 4.78 is 5.00. The largest absolute Gasteiger partial charge is 0.480 e. The number of aromatic nitrogens is 1. The minimum Gasteiger partial charge on any atom is -0.480 e. The van der Waals surface area contributed by atoms with Crippen molar-refractivity contribution in [3.8, 4) is 5.75 Å². The molecule has 0 aliphatic rings. The summed E-state index contributed by atoms with van der Waals surface area (Å²) in [5.41, 5.74) is 7.13. The zero-order chi connectivity index (χ0) is 14.0. The van der Waals surface area contributed by atoms with Crippen LogP contribution in [0.3, 0.4) is 0 Å². The Morgan fingerprint density at radius 2 is 2.21 bits per heavy atom. The quantitative estimate of drug-likeness (QED) is 0.564. The van der Waals surface area contributed by atoms with E-state index in [9.17, 15) is 9.59 Å². The molecule has 0 spiro atoms. The summed E-state index contributed by atoms with van der Waals surface area (Å²) in [4.78, 5) is 24.7. The predicted molar refractivity (Wildman–Crippen MR) is 68.9 cm³/mol. The van der Waals surface area contributed by atoms with Gasteiger partial charge in [-0.15, -0.1) is 0 Å². The second-order valence-electron chi connectivity index (χ2n) is 4.26. The van der Waals surface area contributed by atoms with Crippen LogP contribution in [-0.4, -0.2) is 28.1 Å². The van der Waals surface area contributed by atoms with Crippen LogP contribution in [-0.2, 0) is 16.0 Å². The fourth-order valence-corrected chi connectivity index (χ4v) is 1.88. The molecule has 2 aromatic rings. The molecule has 0 saturated carbocycles. The first-order valence-electron chi connectivity index (χ1n) is 5.74. The van der Waals surface area contributed by atoms with Gasteiger partial charge in [0, 0.05) is 30.4 Å². The van der Waals surface area contributed by atoms with Crippen LogP contribution in [0.1, 0.15) is 12.5 Å². The third-order valence-corrected chi connectivity index (χ3v) is 2.76. The molecular formula is C13H14N2O4. The average molecular weight is 262 g/mol. The number of rotatable bonds is 4. The molecule has 19 heavy (non-hydrogen) atoms. The molecule has 6 heteroatoms. The van der Waals surface area contributed by atoms with E-state index in [0.717, 1.165) is 16.5 Å². The van der Waals surface area contributed by atoms with Crippen LogP contribution in [0.5, 0.6) is 5.75 Å². The van der Waals surface area contributed by atoms with Gasteiger partial charge in [-0.3, -0.25) is 9.59 Å². The zero-order valence-corrected chi connectivity index (χ0v) is 10.3. The second-order valence-corrected chi connectivity index (χ2v) is 4.26. The third kappa shape index (κ3) is 2.92. The number of carboxylic acids is 1. The molecule has 6 nitrogen and oxygen atoms in total. The van der Waals surface area contributed by atoms with Gasteiger partial charge in [0.15, 0.2) is 0 Å². The molecular weight excluding hydrogens is 248 g/mol. The molecule has 100 valence electrons. The molecule has 0 aliphatic carbocycles. The fourth-order valence-electron chi connectivity index (χ4n) is 1.88. The highest BCUT2D eigenvalue weighted by molar-refractivity contribution is 5.86. The average Bonchev–Trinajstić information content (AvgIpc) is 2.71. The van der Waals surface area contributed by atoms with E-state index in [-0.39, 0.29) is 6.42 Å². The Balaban J connectivity index is 2.34. The predicted octanol–water partition coefficient (Wildman–Crippen LogP) is 1.05. The molecule has 1 aromatic heterocycles. The number of aromatic amines is 1. The number of H-pyrrole nitrogens is 1. The van der Waals surface area contributed by atoms with Crippen molar-refractivity contribution in [2.24, 2.45) is 5.73 Å². The third-order valence-electron chi connectivity index (χ3n) is 2.76. The topological polar surface area (TPSA) is 105 Å². The number of hydrogen-bond acceptors (Lipinski definition) is 4. The van der Waals surface area contributed by atoms with E-state index < -0.39 is 18.0 Å². The summed E-state index contributed by atoms with van der Waals surface area (Å²) in [6, 6.07) is 4.16. The van der Waals surface area contributed by atoms with Crippen LogP contribution in [0.4, 0.5) is 0 Å². The highest BCUT2D eigenvalue weighted by Crippen LogP contribution is 2.24. The lowest BCUT2D eigenvalue weighted by molar-refractivity contribution is -0.138. The Labute approximate surface area is 109 Å². The smallest absolute Gasteiger partial charge is 0.320 e. The Morgan fingerprint density at radius 1 is 1.47 bits per heavy atom. The van der Waals surface area contributed by atoms with Crippen LogP contribution >= 0.6 is 0 Å². The molecule has 0 aliphatic heterocycles. The number of esters is 1. The number of carbonyl (C=O) groups is 2. The lowest BCUT2D eigenvalue weighted by Crippen LogP contribution is -2.32. The Kier molecular flexibility index (Phi) is 3.52. The number of benzene rings is 1. The van der Waals surface area contributed by atoms with Crippen molar-refractivity contribution in [1.82, 2.24) is 4.98 Å². The van der Waals surface area contributed by atoms with Gasteiger partial charge in [0.2, 0.25) is 0 Å². The van der Waals surface area contributed by atoms with E-state index in [1.807, 2.05) is 0 Å². The molecule has 2 rings (SSSR count). The minimum atomic E-state index is -1.05. The number of aliphatic carboxylic acids is 1. The van der Waals surface area contributed by atoms with Crippen LogP contribution in [0, 0.1) is 0 Å². The first kappa shape index (κ1) is 13.1. The van der Waals surface area contributed by atoms with Crippen molar-refractivity contribution in [2.75, 3.05) is 0 Å². The number of nitrogens with two attached hydrogens (primary N) is 1. The molecule has 0 bridgehead atoms. The standard InChI is InChI=1S/C13H14N2O4/c1-7(16)19-9-2-3-12-10(5-9)8(6-15-12)4-11(14)13(17)18/h2-3,5-6,11,15H,4,14H2,1H3,(H,17,18). The van der Waals surface area contributed by atoms with Crippen LogP contribution in [0.15, 0.2) is 24.4 Å². The van der Waals surface area contributed by atoms with Crippen molar-refractivity contribution in [2.45, 2.75) is 19.4 Å². The van der Waals surface area contributed by atoms with E-state index in [1.54, 1.807) is 24.4 Å². The lowest BCUT2D eigenvalue weighted by Gasteiger charge is -2.06. The van der Waals surface area contributed by atoms with E-state index in [2.05, 4.69) is 4.98 Å². The van der Waals surface area contributed by atoms with Gasteiger partial charge >= 0.3 is 11.9 Å². The normalized spacial score (nSPS) is 12.3. The van der Waals surface area contributed by atoms with Crippen LogP contribution in [0.25, 0.3) is 10.9 Å². The number of nitrogens with one attached hydrogen (secondary N) is 1. The first-order chi connectivity index (χ1) is 8.97. The highest BCUT2D eigenvalue weighted by atomic mass is 16.5. The molecule has 1 aromatic carbocycles. The molecule has 1 atom stereocenters. The van der Waals surface area contributed by atoms with Crippen molar-refractivity contribution >= 4 is 22.8 Å². The van der Waals surface area contributed by atoms with E-state index >= 15 is 0 Å². The maximum absolute atomic E-state index is 10.9. The minimum absolute atomic E-state index is 0.207. The monoisotopic (exact) mass is 262 g/mol. The van der Waals surface area contributed by atoms with E-state index in [4.69, 9.17) is 15.6 Å². The molecule has 4 N–H and O–H groups in total. The van der Waals surface area contributed by atoms with Gasteiger partial charge < -0.3 is 20.6 Å². The molecule has 0 saturated heterocycles. The maximum Gasteiger partial charge on any atom is 0.320 e. The summed E-state index contributed by atoms with van der Waals surface area (Å²) in [7, 11) is 0. The number of carboxylic acid groups (broad SMARTS) is 1. The summed E-state index contributed by atoms with van der Waals surface area (Å²) in [6.07, 6.45) is 1.92. The van der Waals surface area contributed by atoms with Gasteiger partial charge in [-0.05, 0) is 23.8 Å². The van der Waals surface area contributed by atoms with Gasteiger partial charge in [-0.2, -0.15) is 0 Å². The summed E-state index contributed by atoms with van der Waals surface area (Å²) >= 11 is 0. The fraction of sp³-hybridized carbons (Fsp3) is 0.231. The summed E-state index contributed by atoms with van der Waals surface area (Å²) in [6.45, 7) is 1.32. The van der Waals surface area contributed by atoms with Crippen LogP contribution in [0.2, 0.25) is 0 Å². The van der Waals surface area contributed by atoms with E-state index in [1.165, 1.54) is 6.92 Å². The number of hydrogen-bond donors (Lipinski definition) is 3. The van der Waals surface area contributed by atoms with Crippen molar-refractivity contribution in [1.29, 1.82) is 0 Å². The molecule has 1 unspecified atom stereocenters. The molecule has 1 heterocycles. The number of fused-ring (bicyclic) bond motifs is 1. The van der Waals surface area contributed by atoms with Gasteiger partial charge in [-0.1, -0.05) is 0 Å². The number of carbonyl (C=O) groups excluding carboxylic acids is 1. The Morgan fingerprint density at radius 3 is 2.84 bits per heavy atom. The van der Waals surface area contributed by atoms with Gasteiger partial charge in [-0.25, -0.2) is 0 Å². The number of ether oxygens (including phenoxy) is 1. The second kappa shape index (κ2) is 5.11. The van der Waals surface area contributed by atoms with Crippen molar-refractivity contribution in [3.63, 3.8) is 0 Å². The molecule has 0 radical (unpaired) electrons. The van der Waals surface area contributed by atoms with Gasteiger partial charge in [0.05, 0.1) is 0 Å². The lowest BCUT2D eigenvalue weighted by atomic mass is 10.1. The van der Waals surface area contributed by atoms with Crippen molar-refractivity contribution < 1.29 is 19.4 Å². The summed E-state index contributed by atoms with van der Waals surface area (Å²) in [5, 5.41) is 9.62. The van der Waals surface area contributed by atoms with Gasteiger partial charge in [0.1, 0.15) is 11.8 Å². The van der Waals surface area contributed by atoms with Gasteiger partial charge in [0.25, 0.3) is 0 Å². The first-order valence-corrected chi connectivity index (χ1v) is 5.74. The maximum atomic E-state index is 10.9. The zero-order valence-electron chi connectivity index (χ0n) is 10.3. The van der Waals surface area contributed by atoms with E-state index in [0.29, 0.717) is 5.75 Å². The summed E-state index contributed by atoms with van der Waals surface area (Å²) in [5.74, 6) is -1.03. The molecule has 0 amide bonds. The Bertz CT molecular complexity index is 633. The van der Waals surface area contributed by atoms with Crippen LogP contribution < -0.4 is 10.5 Å². The highest BCUT2D eigenvalue weighted by Gasteiger charge is 2.15. The molecule has 0 fully saturated rings. The van der Waals surface area contributed by atoms with Crippen molar-refractivity contribution in [3.05, 3.63) is 30.0 Å².